The van der Waals surface area contributed by atoms with E-state index < -0.39 is 23.8 Å². The van der Waals surface area contributed by atoms with Crippen LogP contribution in [-0.2, 0) is 9.53 Å². The van der Waals surface area contributed by atoms with Gasteiger partial charge in [-0.1, -0.05) is 18.2 Å². The van der Waals surface area contributed by atoms with Gasteiger partial charge in [0.25, 0.3) is 0 Å². The van der Waals surface area contributed by atoms with Crippen LogP contribution < -0.4 is 16.0 Å². The molecule has 1 heterocycles. The fourth-order valence-electron chi connectivity index (χ4n) is 2.28. The van der Waals surface area contributed by atoms with E-state index in [1.807, 2.05) is 5.32 Å². The van der Waals surface area contributed by atoms with Gasteiger partial charge in [-0.3, -0.25) is 5.32 Å². The smallest absolute Gasteiger partial charge is 0.442 e. The molecule has 2 amide bonds. The van der Waals surface area contributed by atoms with Crippen molar-refractivity contribution >= 4 is 23.5 Å². The number of ether oxygens (including phenoxy) is 1. The number of carbonyl (C=O) groups is 2. The number of hydrogen-bond donors (Lipinski definition) is 3. The number of amides is 2. The van der Waals surface area contributed by atoms with Crippen LogP contribution in [0.25, 0.3) is 0 Å². The number of rotatable bonds is 6. The molecule has 0 aliphatic heterocycles. The maximum atomic E-state index is 14.0. The van der Waals surface area contributed by atoms with Gasteiger partial charge >= 0.3 is 23.8 Å². The number of aromatic nitrogens is 1. The number of para-hydroxylation sites is 1. The molecule has 10 heteroatoms. The summed E-state index contributed by atoms with van der Waals surface area (Å²) in [5, 5.41) is 5.91. The second kappa shape index (κ2) is 8.59. The minimum Gasteiger partial charge on any atom is -0.463 e. The van der Waals surface area contributed by atoms with E-state index in [1.165, 1.54) is 31.3 Å². The number of benzene rings is 1. The molecule has 1 aromatic heterocycles. The molecule has 0 radical (unpaired) electrons. The lowest BCUT2D eigenvalue weighted by Crippen LogP contribution is -2.70. The maximum Gasteiger partial charge on any atom is 0.442 e. The molecule has 7 nitrogen and oxygen atoms in total. The molecule has 2 aromatic rings. The normalized spacial score (nSPS) is 13.2. The Morgan fingerprint density at radius 3 is 2.39 bits per heavy atom. The summed E-state index contributed by atoms with van der Waals surface area (Å²) in [5.74, 6) is -1.97. The summed E-state index contributed by atoms with van der Waals surface area (Å²) in [6, 6.07) is 9.43. The molecule has 0 saturated heterocycles. The Morgan fingerprint density at radius 1 is 1.14 bits per heavy atom. The Morgan fingerprint density at radius 2 is 1.82 bits per heavy atom. The van der Waals surface area contributed by atoms with E-state index in [0.29, 0.717) is 5.56 Å². The van der Waals surface area contributed by atoms with Gasteiger partial charge in [-0.25, -0.2) is 14.6 Å². The van der Waals surface area contributed by atoms with Gasteiger partial charge in [0.1, 0.15) is 5.82 Å². The van der Waals surface area contributed by atoms with Crippen molar-refractivity contribution in [3.05, 3.63) is 54.2 Å². The number of aryl methyl sites for hydroxylation is 1. The number of carbonyl (C=O) groups excluding carboxylic acids is 2. The molecule has 2 rings (SSSR count). The van der Waals surface area contributed by atoms with Crippen molar-refractivity contribution in [1.82, 2.24) is 10.3 Å². The van der Waals surface area contributed by atoms with Crippen LogP contribution in [-0.4, -0.2) is 35.4 Å². The van der Waals surface area contributed by atoms with Crippen LogP contribution in [0, 0.1) is 6.92 Å². The van der Waals surface area contributed by atoms with E-state index in [4.69, 9.17) is 0 Å². The number of urea groups is 1. The molecule has 0 aliphatic carbocycles. The molecule has 3 N–H and O–H groups in total. The number of nitrogens with zero attached hydrogens (tertiary/aromatic N) is 1. The molecule has 0 bridgehead atoms. The Hall–Kier alpha value is -3.30. The van der Waals surface area contributed by atoms with Gasteiger partial charge in [-0.2, -0.15) is 13.2 Å². The predicted molar refractivity (Wildman–Crippen MR) is 96.6 cm³/mol. The minimum atomic E-state index is -5.24. The second-order valence-electron chi connectivity index (χ2n) is 5.76. The van der Waals surface area contributed by atoms with Crippen molar-refractivity contribution in [3.63, 3.8) is 0 Å². The molecule has 0 spiro atoms. The molecule has 1 aromatic carbocycles. The molecule has 28 heavy (non-hydrogen) atoms. The van der Waals surface area contributed by atoms with E-state index in [1.54, 1.807) is 36.5 Å². The van der Waals surface area contributed by atoms with Crippen molar-refractivity contribution < 1.29 is 27.5 Å². The molecule has 1 unspecified atom stereocenters. The molecule has 0 aliphatic rings. The van der Waals surface area contributed by atoms with Gasteiger partial charge in [0.2, 0.25) is 0 Å². The zero-order valence-corrected chi connectivity index (χ0v) is 15.1. The van der Waals surface area contributed by atoms with Crippen molar-refractivity contribution in [2.45, 2.75) is 25.7 Å². The van der Waals surface area contributed by atoms with E-state index in [9.17, 15) is 22.8 Å². The highest BCUT2D eigenvalue weighted by atomic mass is 19.4. The number of hydrogen-bond acceptors (Lipinski definition) is 5. The zero-order valence-electron chi connectivity index (χ0n) is 15.1. The van der Waals surface area contributed by atoms with Crippen molar-refractivity contribution in [2.24, 2.45) is 0 Å². The third-order valence-corrected chi connectivity index (χ3v) is 3.57. The summed E-state index contributed by atoms with van der Waals surface area (Å²) in [7, 11) is 0. The van der Waals surface area contributed by atoms with E-state index in [2.05, 4.69) is 15.0 Å². The van der Waals surface area contributed by atoms with Gasteiger partial charge in [-0.15, -0.1) is 0 Å². The van der Waals surface area contributed by atoms with Gasteiger partial charge in [0.15, 0.2) is 0 Å². The van der Waals surface area contributed by atoms with Crippen molar-refractivity contribution in [3.8, 4) is 0 Å². The minimum absolute atomic E-state index is 0.244. The lowest BCUT2D eigenvalue weighted by Gasteiger charge is -2.34. The van der Waals surface area contributed by atoms with Crippen LogP contribution in [0.15, 0.2) is 48.7 Å². The number of esters is 1. The molecule has 150 valence electrons. The molecular weight excluding hydrogens is 377 g/mol. The lowest BCUT2D eigenvalue weighted by molar-refractivity contribution is -0.204. The third kappa shape index (κ3) is 4.90. The summed E-state index contributed by atoms with van der Waals surface area (Å²) in [5.41, 5.74) is -2.69. The highest BCUT2D eigenvalue weighted by Gasteiger charge is 2.64. The Balaban J connectivity index is 2.40. The number of nitrogens with one attached hydrogen (secondary N) is 3. The quantitative estimate of drug-likeness (QED) is 0.514. The van der Waals surface area contributed by atoms with Crippen LogP contribution >= 0.6 is 0 Å². The zero-order chi connectivity index (χ0) is 20.8. The average Bonchev–Trinajstić information content (AvgIpc) is 2.61. The van der Waals surface area contributed by atoms with Crippen LogP contribution in [0.1, 0.15) is 12.5 Å². The van der Waals surface area contributed by atoms with Crippen LogP contribution in [0.3, 0.4) is 0 Å². The first-order valence-corrected chi connectivity index (χ1v) is 8.27. The Bertz CT molecular complexity index is 830. The second-order valence-corrected chi connectivity index (χ2v) is 5.76. The Labute approximate surface area is 159 Å². The topological polar surface area (TPSA) is 92.3 Å². The van der Waals surface area contributed by atoms with Crippen LogP contribution in [0.2, 0.25) is 0 Å². The molecular formula is C18H19F3N4O3. The largest absolute Gasteiger partial charge is 0.463 e. The van der Waals surface area contributed by atoms with Crippen LogP contribution in [0.4, 0.5) is 29.5 Å². The summed E-state index contributed by atoms with van der Waals surface area (Å²) >= 11 is 0. The number of anilines is 2. The van der Waals surface area contributed by atoms with Gasteiger partial charge in [0.05, 0.1) is 6.61 Å². The molecule has 0 saturated carbocycles. The Kier molecular flexibility index (Phi) is 6.45. The third-order valence-electron chi connectivity index (χ3n) is 3.57. The highest BCUT2D eigenvalue weighted by Crippen LogP contribution is 2.33. The number of alkyl halides is 3. The fraction of sp³-hybridized carbons (Fsp3) is 0.278. The number of halogens is 3. The summed E-state index contributed by atoms with van der Waals surface area (Å²) in [6.07, 6.45) is -3.97. The molecule has 1 atom stereocenters. The predicted octanol–water partition coefficient (Wildman–Crippen LogP) is 3.45. The maximum absolute atomic E-state index is 14.0. The first kappa shape index (κ1) is 21.0. The summed E-state index contributed by atoms with van der Waals surface area (Å²) in [6.45, 7) is 2.68. The van der Waals surface area contributed by atoms with Crippen molar-refractivity contribution in [2.75, 3.05) is 17.2 Å². The van der Waals surface area contributed by atoms with Crippen LogP contribution in [0.5, 0.6) is 0 Å². The van der Waals surface area contributed by atoms with E-state index in [0.717, 1.165) is 0 Å². The lowest BCUT2D eigenvalue weighted by atomic mass is 10.1. The van der Waals surface area contributed by atoms with E-state index in [-0.39, 0.29) is 18.1 Å². The fourth-order valence-corrected chi connectivity index (χ4v) is 2.28. The average molecular weight is 396 g/mol. The monoisotopic (exact) mass is 396 g/mol. The molecule has 0 fully saturated rings. The van der Waals surface area contributed by atoms with Gasteiger partial charge < -0.3 is 15.4 Å². The summed E-state index contributed by atoms with van der Waals surface area (Å²) in [4.78, 5) is 28.3. The number of pyridine rings is 1. The first-order valence-electron chi connectivity index (χ1n) is 8.27. The SMILES string of the molecule is CCOC(=O)C(NC(=O)Nc1ccccc1)(Nc1cc(C)ccn1)C(F)(F)F. The van der Waals surface area contributed by atoms with Gasteiger partial charge in [-0.05, 0) is 43.7 Å². The summed E-state index contributed by atoms with van der Waals surface area (Å²) < 4.78 is 46.6. The highest BCUT2D eigenvalue weighted by molar-refractivity contribution is 5.96. The van der Waals surface area contributed by atoms with Crippen molar-refractivity contribution in [1.29, 1.82) is 0 Å². The first-order chi connectivity index (χ1) is 13.2. The standard InChI is InChI=1S/C18H19F3N4O3/c1-3-28-15(26)17(18(19,20)21,24-14-11-12(2)9-10-22-14)25-16(27)23-13-7-5-4-6-8-13/h4-11H,3H2,1-2H3,(H,22,24)(H2,23,25,27). The van der Waals surface area contributed by atoms with Gasteiger partial charge in [0, 0.05) is 11.9 Å². The van der Waals surface area contributed by atoms with E-state index >= 15 is 0 Å².